The van der Waals surface area contributed by atoms with Crippen LogP contribution in [0.4, 0.5) is 18.9 Å². The number of halogens is 3. The van der Waals surface area contributed by atoms with E-state index in [1.165, 1.54) is 0 Å². The van der Waals surface area contributed by atoms with Crippen molar-refractivity contribution < 1.29 is 13.2 Å². The van der Waals surface area contributed by atoms with Crippen molar-refractivity contribution in [2.24, 2.45) is 13.0 Å². The molecule has 108 valence electrons. The van der Waals surface area contributed by atoms with Crippen LogP contribution in [0.15, 0.2) is 6.20 Å². The number of nitrogens with one attached hydrogen (secondary N) is 1. The molecule has 3 nitrogen and oxygen atoms in total. The zero-order chi connectivity index (χ0) is 14.0. The molecule has 1 aliphatic rings. The summed E-state index contributed by atoms with van der Waals surface area (Å²) in [6.07, 6.45) is 0.278. The molecule has 0 atom stereocenters. The second-order valence-electron chi connectivity index (χ2n) is 5.25. The Morgan fingerprint density at radius 3 is 2.47 bits per heavy atom. The third-order valence-corrected chi connectivity index (χ3v) is 3.79. The maximum absolute atomic E-state index is 12.6. The normalized spacial score (nSPS) is 24.5. The van der Waals surface area contributed by atoms with Crippen molar-refractivity contribution in [3.05, 3.63) is 11.9 Å². The fraction of sp³-hybridized carbons (Fsp3) is 0.769. The van der Waals surface area contributed by atoms with Gasteiger partial charge in [0.05, 0.1) is 17.3 Å². The van der Waals surface area contributed by atoms with Crippen molar-refractivity contribution >= 4 is 5.69 Å². The Morgan fingerprint density at radius 2 is 1.95 bits per heavy atom. The zero-order valence-electron chi connectivity index (χ0n) is 11.3. The van der Waals surface area contributed by atoms with E-state index in [1.54, 1.807) is 4.68 Å². The number of nitrogens with zero attached hydrogens (tertiary/aromatic N) is 2. The number of rotatable bonds is 3. The summed E-state index contributed by atoms with van der Waals surface area (Å²) in [5.74, 6) is -1.12. The van der Waals surface area contributed by atoms with Gasteiger partial charge in [0.15, 0.2) is 0 Å². The van der Waals surface area contributed by atoms with Gasteiger partial charge in [-0.05, 0) is 32.1 Å². The van der Waals surface area contributed by atoms with Crippen LogP contribution in [0.25, 0.3) is 0 Å². The highest BCUT2D eigenvalue weighted by molar-refractivity contribution is 5.47. The second kappa shape index (κ2) is 5.43. The second-order valence-corrected chi connectivity index (χ2v) is 5.25. The summed E-state index contributed by atoms with van der Waals surface area (Å²) in [6, 6.07) is 0.132. The van der Waals surface area contributed by atoms with Gasteiger partial charge in [-0.1, -0.05) is 6.92 Å². The first-order valence-corrected chi connectivity index (χ1v) is 6.76. The molecule has 0 aliphatic heterocycles. The van der Waals surface area contributed by atoms with E-state index >= 15 is 0 Å². The van der Waals surface area contributed by atoms with Gasteiger partial charge < -0.3 is 5.32 Å². The van der Waals surface area contributed by atoms with Crippen molar-refractivity contribution in [2.45, 2.75) is 51.2 Å². The van der Waals surface area contributed by atoms with Crippen molar-refractivity contribution in [1.82, 2.24) is 9.78 Å². The van der Waals surface area contributed by atoms with E-state index in [-0.39, 0.29) is 18.9 Å². The van der Waals surface area contributed by atoms with Gasteiger partial charge in [0.1, 0.15) is 0 Å². The predicted molar refractivity (Wildman–Crippen MR) is 68.0 cm³/mol. The molecule has 0 saturated heterocycles. The predicted octanol–water partition coefficient (Wildman–Crippen LogP) is 3.52. The van der Waals surface area contributed by atoms with Crippen LogP contribution in [-0.4, -0.2) is 22.0 Å². The Morgan fingerprint density at radius 1 is 1.32 bits per heavy atom. The number of hydrogen-bond donors (Lipinski definition) is 1. The molecule has 1 aromatic heterocycles. The average Bonchev–Trinajstić information content (AvgIpc) is 2.69. The molecule has 2 rings (SSSR count). The lowest BCUT2D eigenvalue weighted by atomic mass is 9.85. The summed E-state index contributed by atoms with van der Waals surface area (Å²) in [5.41, 5.74) is 1.93. The summed E-state index contributed by atoms with van der Waals surface area (Å²) < 4.78 is 39.5. The summed E-state index contributed by atoms with van der Waals surface area (Å²) in [5, 5.41) is 7.67. The molecule has 0 spiro atoms. The van der Waals surface area contributed by atoms with Gasteiger partial charge in [0.2, 0.25) is 0 Å². The molecular weight excluding hydrogens is 255 g/mol. The molecule has 1 fully saturated rings. The lowest BCUT2D eigenvalue weighted by Crippen LogP contribution is -2.32. The van der Waals surface area contributed by atoms with E-state index in [0.717, 1.165) is 17.8 Å². The van der Waals surface area contributed by atoms with Crippen molar-refractivity contribution in [2.75, 3.05) is 5.32 Å². The molecule has 0 unspecified atom stereocenters. The van der Waals surface area contributed by atoms with Crippen molar-refractivity contribution in [3.8, 4) is 0 Å². The van der Waals surface area contributed by atoms with Crippen LogP contribution in [0, 0.1) is 5.92 Å². The summed E-state index contributed by atoms with van der Waals surface area (Å²) in [7, 11) is 1.85. The summed E-state index contributed by atoms with van der Waals surface area (Å²) in [4.78, 5) is 0. The lowest BCUT2D eigenvalue weighted by molar-refractivity contribution is -0.182. The Labute approximate surface area is 111 Å². The molecule has 0 bridgehead atoms. The fourth-order valence-electron chi connectivity index (χ4n) is 2.70. The van der Waals surface area contributed by atoms with E-state index in [9.17, 15) is 13.2 Å². The maximum Gasteiger partial charge on any atom is 0.391 e. The minimum absolute atomic E-state index is 0.132. The van der Waals surface area contributed by atoms with Crippen LogP contribution in [0.2, 0.25) is 0 Å². The molecule has 1 aromatic rings. The topological polar surface area (TPSA) is 29.9 Å². The first kappa shape index (κ1) is 14.2. The number of aromatic nitrogens is 2. The molecule has 19 heavy (non-hydrogen) atoms. The third kappa shape index (κ3) is 3.42. The highest BCUT2D eigenvalue weighted by Crippen LogP contribution is 2.38. The van der Waals surface area contributed by atoms with Gasteiger partial charge >= 0.3 is 6.18 Å². The van der Waals surface area contributed by atoms with E-state index < -0.39 is 12.1 Å². The van der Waals surface area contributed by atoms with Gasteiger partial charge in [-0.15, -0.1) is 0 Å². The smallest absolute Gasteiger partial charge is 0.380 e. The molecule has 1 aliphatic carbocycles. The van der Waals surface area contributed by atoms with Crippen LogP contribution in [0.5, 0.6) is 0 Å². The molecule has 6 heteroatoms. The lowest BCUT2D eigenvalue weighted by Gasteiger charge is -2.30. The molecule has 0 aromatic carbocycles. The third-order valence-electron chi connectivity index (χ3n) is 3.79. The zero-order valence-corrected chi connectivity index (χ0v) is 11.3. The van der Waals surface area contributed by atoms with Gasteiger partial charge in [-0.2, -0.15) is 18.3 Å². The van der Waals surface area contributed by atoms with Gasteiger partial charge in [-0.3, -0.25) is 4.68 Å². The molecule has 0 radical (unpaired) electrons. The number of anilines is 1. The van der Waals surface area contributed by atoms with E-state index in [4.69, 9.17) is 0 Å². The van der Waals surface area contributed by atoms with Crippen LogP contribution in [0.1, 0.15) is 38.3 Å². The highest BCUT2D eigenvalue weighted by atomic mass is 19.4. The van der Waals surface area contributed by atoms with Crippen LogP contribution >= 0.6 is 0 Å². The van der Waals surface area contributed by atoms with Gasteiger partial charge in [0.25, 0.3) is 0 Å². The molecule has 1 heterocycles. The van der Waals surface area contributed by atoms with Crippen LogP contribution in [-0.2, 0) is 13.5 Å². The number of hydrogen-bond acceptors (Lipinski definition) is 2. The number of aryl methyl sites for hydroxylation is 2. The highest BCUT2D eigenvalue weighted by Gasteiger charge is 2.41. The SMILES string of the molecule is CCc1nn(C)cc1NC1CCC(C(F)(F)F)CC1. The molecule has 1 N–H and O–H groups in total. The van der Waals surface area contributed by atoms with Crippen LogP contribution in [0.3, 0.4) is 0 Å². The Kier molecular flexibility index (Phi) is 4.06. The van der Waals surface area contributed by atoms with Gasteiger partial charge in [0, 0.05) is 19.3 Å². The minimum Gasteiger partial charge on any atom is -0.380 e. The Bertz CT molecular complexity index is 417. The summed E-state index contributed by atoms with van der Waals surface area (Å²) in [6.45, 7) is 2.02. The van der Waals surface area contributed by atoms with E-state index in [1.807, 2.05) is 20.2 Å². The van der Waals surface area contributed by atoms with E-state index in [2.05, 4.69) is 10.4 Å². The van der Waals surface area contributed by atoms with Crippen LogP contribution < -0.4 is 5.32 Å². The maximum atomic E-state index is 12.6. The van der Waals surface area contributed by atoms with Crippen molar-refractivity contribution in [1.29, 1.82) is 0 Å². The fourth-order valence-corrected chi connectivity index (χ4v) is 2.70. The first-order valence-electron chi connectivity index (χ1n) is 6.76. The van der Waals surface area contributed by atoms with E-state index in [0.29, 0.717) is 12.8 Å². The average molecular weight is 275 g/mol. The van der Waals surface area contributed by atoms with Crippen molar-refractivity contribution in [3.63, 3.8) is 0 Å². The Balaban J connectivity index is 1.92. The minimum atomic E-state index is -4.03. The Hall–Kier alpha value is -1.20. The first-order chi connectivity index (χ1) is 8.90. The summed E-state index contributed by atoms with van der Waals surface area (Å²) >= 11 is 0. The number of alkyl halides is 3. The monoisotopic (exact) mass is 275 g/mol. The van der Waals surface area contributed by atoms with Gasteiger partial charge in [-0.25, -0.2) is 0 Å². The molecule has 1 saturated carbocycles. The molecular formula is C13H20F3N3. The quantitative estimate of drug-likeness (QED) is 0.914. The molecule has 0 amide bonds. The standard InChI is InChI=1S/C13H20F3N3/c1-3-11-12(8-19(2)18-11)17-10-6-4-9(5-7-10)13(14,15)16/h8-10,17H,3-7H2,1-2H3. The largest absolute Gasteiger partial charge is 0.391 e.